The summed E-state index contributed by atoms with van der Waals surface area (Å²) in [6.45, 7) is 10.7. The lowest BCUT2D eigenvalue weighted by atomic mass is 10.1. The van der Waals surface area contributed by atoms with E-state index in [1.807, 2.05) is 0 Å². The van der Waals surface area contributed by atoms with Gasteiger partial charge in [-0.15, -0.1) is 0 Å². The van der Waals surface area contributed by atoms with E-state index in [1.54, 1.807) is 0 Å². The van der Waals surface area contributed by atoms with E-state index in [0.717, 1.165) is 12.1 Å². The summed E-state index contributed by atoms with van der Waals surface area (Å²) in [4.78, 5) is 2.58. The first kappa shape index (κ1) is 13.0. The molecule has 1 saturated heterocycles. The fourth-order valence-electron chi connectivity index (χ4n) is 2.50. The zero-order valence-electron chi connectivity index (χ0n) is 10.8. The molecular weight excluding hydrogens is 184 g/mol. The highest BCUT2D eigenvalue weighted by atomic mass is 15.1. The Morgan fingerprint density at radius 2 is 1.87 bits per heavy atom. The minimum absolute atomic E-state index is 0.739. The number of rotatable bonds is 5. The molecule has 1 aliphatic heterocycles. The molecule has 0 amide bonds. The lowest BCUT2D eigenvalue weighted by molar-refractivity contribution is 0.294. The summed E-state index contributed by atoms with van der Waals surface area (Å²) in [6, 6.07) is 1.51. The number of nitrogens with one attached hydrogen (secondary N) is 1. The van der Waals surface area contributed by atoms with E-state index in [-0.39, 0.29) is 0 Å². The fraction of sp³-hybridized carbons (Fsp3) is 1.00. The first-order valence-electron chi connectivity index (χ1n) is 6.78. The van der Waals surface area contributed by atoms with Gasteiger partial charge < -0.3 is 10.2 Å². The summed E-state index contributed by atoms with van der Waals surface area (Å²) in [5, 5.41) is 3.81. The van der Waals surface area contributed by atoms with Gasteiger partial charge in [-0.25, -0.2) is 0 Å². The maximum absolute atomic E-state index is 3.81. The van der Waals surface area contributed by atoms with Crippen molar-refractivity contribution in [2.45, 2.75) is 65.0 Å². The second kappa shape index (κ2) is 7.24. The lowest BCUT2D eigenvalue weighted by Crippen LogP contribution is -2.38. The van der Waals surface area contributed by atoms with E-state index in [2.05, 4.69) is 31.0 Å². The predicted molar refractivity (Wildman–Crippen MR) is 67.3 cm³/mol. The molecule has 1 N–H and O–H groups in total. The van der Waals surface area contributed by atoms with Crippen LogP contribution >= 0.6 is 0 Å². The average Bonchev–Trinajstić information content (AvgIpc) is 2.50. The largest absolute Gasteiger partial charge is 0.311 e. The Balaban J connectivity index is 2.30. The van der Waals surface area contributed by atoms with Crippen molar-refractivity contribution >= 4 is 0 Å². The van der Waals surface area contributed by atoms with Gasteiger partial charge in [-0.3, -0.25) is 0 Å². The highest BCUT2D eigenvalue weighted by Gasteiger charge is 2.17. The smallest absolute Gasteiger partial charge is 0.00822 e. The Morgan fingerprint density at radius 3 is 2.47 bits per heavy atom. The van der Waals surface area contributed by atoms with Crippen LogP contribution in [0.5, 0.6) is 0 Å². The van der Waals surface area contributed by atoms with E-state index in [4.69, 9.17) is 0 Å². The van der Waals surface area contributed by atoms with E-state index in [9.17, 15) is 0 Å². The molecule has 1 fully saturated rings. The summed E-state index contributed by atoms with van der Waals surface area (Å²) in [5.74, 6) is 0. The maximum Gasteiger partial charge on any atom is 0.00822 e. The third-order valence-corrected chi connectivity index (χ3v) is 3.72. The Hall–Kier alpha value is -0.0800. The molecule has 1 aliphatic rings. The van der Waals surface area contributed by atoms with Crippen LogP contribution in [0.4, 0.5) is 0 Å². The van der Waals surface area contributed by atoms with Crippen molar-refractivity contribution in [3.63, 3.8) is 0 Å². The van der Waals surface area contributed by atoms with Gasteiger partial charge in [-0.05, 0) is 51.7 Å². The van der Waals surface area contributed by atoms with E-state index in [1.165, 1.54) is 51.7 Å². The molecule has 0 aliphatic carbocycles. The lowest BCUT2D eigenvalue weighted by Gasteiger charge is -2.23. The zero-order chi connectivity index (χ0) is 11.1. The molecule has 0 spiro atoms. The van der Waals surface area contributed by atoms with Crippen LogP contribution in [0.25, 0.3) is 0 Å². The Bertz CT molecular complexity index is 155. The monoisotopic (exact) mass is 212 g/mol. The average molecular weight is 212 g/mol. The van der Waals surface area contributed by atoms with Crippen LogP contribution < -0.4 is 5.32 Å². The van der Waals surface area contributed by atoms with Crippen LogP contribution in [0.3, 0.4) is 0 Å². The standard InChI is InChI=1S/C13H28N2/c1-4-12(5-2)14-13-8-7-10-15(6-3)11-9-13/h12-14H,4-11H2,1-3H3. The van der Waals surface area contributed by atoms with Crippen molar-refractivity contribution in [2.24, 2.45) is 0 Å². The van der Waals surface area contributed by atoms with Gasteiger partial charge in [0.05, 0.1) is 0 Å². The summed E-state index contributed by atoms with van der Waals surface area (Å²) < 4.78 is 0. The first-order valence-corrected chi connectivity index (χ1v) is 6.78. The summed E-state index contributed by atoms with van der Waals surface area (Å²) in [6.07, 6.45) is 6.61. The fourth-order valence-corrected chi connectivity index (χ4v) is 2.50. The molecule has 1 heterocycles. The van der Waals surface area contributed by atoms with Crippen molar-refractivity contribution in [1.82, 2.24) is 10.2 Å². The van der Waals surface area contributed by atoms with Gasteiger partial charge in [-0.2, -0.15) is 0 Å². The van der Waals surface area contributed by atoms with Crippen LogP contribution in [0, 0.1) is 0 Å². The topological polar surface area (TPSA) is 15.3 Å². The zero-order valence-corrected chi connectivity index (χ0v) is 10.8. The SMILES string of the molecule is CCC(CC)NC1CCCN(CC)CC1. The molecule has 1 rings (SSSR count). The van der Waals surface area contributed by atoms with Gasteiger partial charge in [0.1, 0.15) is 0 Å². The molecule has 90 valence electrons. The molecular formula is C13H28N2. The third-order valence-electron chi connectivity index (χ3n) is 3.72. The molecule has 0 aromatic heterocycles. The van der Waals surface area contributed by atoms with Crippen molar-refractivity contribution in [3.05, 3.63) is 0 Å². The van der Waals surface area contributed by atoms with Gasteiger partial charge in [0, 0.05) is 12.1 Å². The maximum atomic E-state index is 3.81. The van der Waals surface area contributed by atoms with Gasteiger partial charge in [0.25, 0.3) is 0 Å². The predicted octanol–water partition coefficient (Wildman–Crippen LogP) is 2.64. The second-order valence-electron chi connectivity index (χ2n) is 4.74. The molecule has 2 nitrogen and oxygen atoms in total. The van der Waals surface area contributed by atoms with E-state index >= 15 is 0 Å². The van der Waals surface area contributed by atoms with E-state index in [0.29, 0.717) is 0 Å². The summed E-state index contributed by atoms with van der Waals surface area (Å²) in [7, 11) is 0. The van der Waals surface area contributed by atoms with Gasteiger partial charge in [-0.1, -0.05) is 20.8 Å². The minimum Gasteiger partial charge on any atom is -0.311 e. The Morgan fingerprint density at radius 1 is 1.13 bits per heavy atom. The Labute approximate surface area is 95.4 Å². The number of hydrogen-bond donors (Lipinski definition) is 1. The quantitative estimate of drug-likeness (QED) is 0.753. The van der Waals surface area contributed by atoms with Gasteiger partial charge in [0.2, 0.25) is 0 Å². The highest BCUT2D eigenvalue weighted by molar-refractivity contribution is 4.77. The Kier molecular flexibility index (Phi) is 6.26. The van der Waals surface area contributed by atoms with E-state index < -0.39 is 0 Å². The molecule has 1 atom stereocenters. The van der Waals surface area contributed by atoms with Crippen LogP contribution in [0.15, 0.2) is 0 Å². The third kappa shape index (κ3) is 4.52. The minimum atomic E-state index is 0.739. The molecule has 0 aromatic carbocycles. The van der Waals surface area contributed by atoms with Crippen LogP contribution in [0.1, 0.15) is 52.9 Å². The second-order valence-corrected chi connectivity index (χ2v) is 4.74. The molecule has 15 heavy (non-hydrogen) atoms. The first-order chi connectivity index (χ1) is 7.30. The molecule has 2 heteroatoms. The van der Waals surface area contributed by atoms with Crippen LogP contribution in [-0.2, 0) is 0 Å². The number of likely N-dealkylation sites (tertiary alicyclic amines) is 1. The van der Waals surface area contributed by atoms with Gasteiger partial charge >= 0.3 is 0 Å². The van der Waals surface area contributed by atoms with Crippen molar-refractivity contribution in [3.8, 4) is 0 Å². The van der Waals surface area contributed by atoms with Crippen molar-refractivity contribution in [1.29, 1.82) is 0 Å². The van der Waals surface area contributed by atoms with Crippen molar-refractivity contribution < 1.29 is 0 Å². The van der Waals surface area contributed by atoms with Crippen LogP contribution in [0.2, 0.25) is 0 Å². The summed E-state index contributed by atoms with van der Waals surface area (Å²) >= 11 is 0. The van der Waals surface area contributed by atoms with Gasteiger partial charge in [0.15, 0.2) is 0 Å². The molecule has 0 saturated carbocycles. The molecule has 1 unspecified atom stereocenters. The number of hydrogen-bond acceptors (Lipinski definition) is 2. The molecule has 0 bridgehead atoms. The summed E-state index contributed by atoms with van der Waals surface area (Å²) in [5.41, 5.74) is 0. The van der Waals surface area contributed by atoms with Crippen LogP contribution in [-0.4, -0.2) is 36.6 Å². The normalized spacial score (nSPS) is 24.4. The highest BCUT2D eigenvalue weighted by Crippen LogP contribution is 2.12. The van der Waals surface area contributed by atoms with Crippen molar-refractivity contribution in [2.75, 3.05) is 19.6 Å². The number of nitrogens with zero attached hydrogens (tertiary/aromatic N) is 1. The molecule has 0 aromatic rings. The molecule has 0 radical (unpaired) electrons.